The molecule has 0 aromatic carbocycles. The zero-order chi connectivity index (χ0) is 14.4. The first-order valence-corrected chi connectivity index (χ1v) is 6.79. The second kappa shape index (κ2) is 4.41. The lowest BCUT2D eigenvalue weighted by Crippen LogP contribution is -2.04. The number of imidazole rings is 1. The van der Waals surface area contributed by atoms with E-state index < -0.39 is 5.97 Å². The Kier molecular flexibility index (Phi) is 2.53. The molecule has 0 aliphatic heterocycles. The highest BCUT2D eigenvalue weighted by Gasteiger charge is 2.23. The Morgan fingerprint density at radius 3 is 2.90 bits per heavy atom. The van der Waals surface area contributed by atoms with Gasteiger partial charge in [-0.3, -0.25) is 0 Å². The summed E-state index contributed by atoms with van der Waals surface area (Å²) in [5, 5.41) is 12.7. The Morgan fingerprint density at radius 2 is 2.19 bits per heavy atom. The van der Waals surface area contributed by atoms with Gasteiger partial charge in [-0.1, -0.05) is 6.07 Å². The van der Waals surface area contributed by atoms with Crippen LogP contribution in [0.2, 0.25) is 0 Å². The Hall–Kier alpha value is -2.70. The minimum atomic E-state index is -1.13. The van der Waals surface area contributed by atoms with Crippen molar-refractivity contribution in [2.24, 2.45) is 0 Å². The maximum atomic E-state index is 10.8. The highest BCUT2D eigenvalue weighted by molar-refractivity contribution is 5.82. The van der Waals surface area contributed by atoms with Gasteiger partial charge in [0.15, 0.2) is 0 Å². The number of nitrogens with zero attached hydrogens (tertiary/aromatic N) is 5. The summed E-state index contributed by atoms with van der Waals surface area (Å²) < 4.78 is 3.49. The minimum absolute atomic E-state index is 0.199. The molecule has 3 aromatic heterocycles. The average Bonchev–Trinajstić information content (AvgIpc) is 3.07. The molecule has 7 nitrogen and oxygen atoms in total. The first-order valence-electron chi connectivity index (χ1n) is 6.79. The maximum Gasteiger partial charge on any atom is 0.375 e. The second-order valence-electron chi connectivity index (χ2n) is 5.31. The van der Waals surface area contributed by atoms with Crippen LogP contribution in [0.1, 0.15) is 40.6 Å². The quantitative estimate of drug-likeness (QED) is 0.785. The lowest BCUT2D eigenvalue weighted by atomic mass is 10.2. The maximum absolute atomic E-state index is 10.8. The fraction of sp³-hybridized carbons (Fsp3) is 0.286. The summed E-state index contributed by atoms with van der Waals surface area (Å²) in [7, 11) is 0. The summed E-state index contributed by atoms with van der Waals surface area (Å²) in [6.45, 7) is 0.403. The van der Waals surface area contributed by atoms with Gasteiger partial charge in [0.25, 0.3) is 5.82 Å². The van der Waals surface area contributed by atoms with Crippen LogP contribution in [0.5, 0.6) is 0 Å². The summed E-state index contributed by atoms with van der Waals surface area (Å²) in [5.74, 6) is -0.624. The van der Waals surface area contributed by atoms with Crippen molar-refractivity contribution in [2.45, 2.75) is 25.3 Å². The van der Waals surface area contributed by atoms with Crippen LogP contribution in [0.4, 0.5) is 0 Å². The Morgan fingerprint density at radius 1 is 1.33 bits per heavy atom. The first-order chi connectivity index (χ1) is 10.2. The van der Waals surface area contributed by atoms with E-state index in [2.05, 4.69) is 27.3 Å². The van der Waals surface area contributed by atoms with Crippen molar-refractivity contribution in [3.8, 4) is 0 Å². The van der Waals surface area contributed by atoms with Gasteiger partial charge in [-0.05, 0) is 30.4 Å². The molecular weight excluding hydrogens is 270 g/mol. The Bertz CT molecular complexity index is 831. The fourth-order valence-electron chi connectivity index (χ4n) is 2.43. The summed E-state index contributed by atoms with van der Waals surface area (Å²) in [5.41, 5.74) is 3.05. The van der Waals surface area contributed by atoms with Gasteiger partial charge < -0.3 is 9.51 Å². The van der Waals surface area contributed by atoms with Gasteiger partial charge in [-0.25, -0.2) is 19.4 Å². The minimum Gasteiger partial charge on any atom is -0.475 e. The molecule has 106 valence electrons. The number of fused-ring (bicyclic) bond motifs is 1. The normalized spacial score (nSPS) is 14.7. The van der Waals surface area contributed by atoms with Crippen molar-refractivity contribution in [2.75, 3.05) is 0 Å². The van der Waals surface area contributed by atoms with E-state index in [1.165, 1.54) is 29.4 Å². The van der Waals surface area contributed by atoms with Crippen LogP contribution in [0.25, 0.3) is 5.65 Å². The third-order valence-electron chi connectivity index (χ3n) is 3.62. The van der Waals surface area contributed by atoms with Crippen molar-refractivity contribution in [3.63, 3.8) is 0 Å². The lowest BCUT2D eigenvalue weighted by molar-refractivity contribution is 0.0683. The molecule has 1 aliphatic carbocycles. The van der Waals surface area contributed by atoms with Gasteiger partial charge in [0.05, 0.1) is 12.2 Å². The van der Waals surface area contributed by atoms with E-state index in [-0.39, 0.29) is 5.82 Å². The SMILES string of the molecule is O=C(O)c1ncn(Cc2cn3cc(C4CC4)ccc3n2)n1. The largest absolute Gasteiger partial charge is 0.475 e. The third-order valence-corrected chi connectivity index (χ3v) is 3.62. The zero-order valence-electron chi connectivity index (χ0n) is 11.2. The molecule has 4 rings (SSSR count). The average molecular weight is 283 g/mol. The van der Waals surface area contributed by atoms with Crippen molar-refractivity contribution >= 4 is 11.6 Å². The van der Waals surface area contributed by atoms with Gasteiger partial charge in [0, 0.05) is 12.4 Å². The number of pyridine rings is 1. The molecule has 3 aromatic rings. The smallest absolute Gasteiger partial charge is 0.375 e. The molecule has 0 unspecified atom stereocenters. The number of carbonyl (C=O) groups is 1. The zero-order valence-corrected chi connectivity index (χ0v) is 11.2. The van der Waals surface area contributed by atoms with E-state index in [4.69, 9.17) is 5.11 Å². The van der Waals surface area contributed by atoms with Crippen LogP contribution in [0, 0.1) is 0 Å². The highest BCUT2D eigenvalue weighted by atomic mass is 16.4. The molecule has 0 amide bonds. The highest BCUT2D eigenvalue weighted by Crippen LogP contribution is 2.39. The van der Waals surface area contributed by atoms with Crippen molar-refractivity contribution in [3.05, 3.63) is 47.9 Å². The van der Waals surface area contributed by atoms with Gasteiger partial charge in [0.2, 0.25) is 0 Å². The van der Waals surface area contributed by atoms with Crippen LogP contribution in [0.15, 0.2) is 30.9 Å². The predicted octanol–water partition coefficient (Wildman–Crippen LogP) is 1.55. The van der Waals surface area contributed by atoms with Crippen molar-refractivity contribution in [1.82, 2.24) is 24.1 Å². The van der Waals surface area contributed by atoms with Gasteiger partial charge in [-0.15, -0.1) is 5.10 Å². The van der Waals surface area contributed by atoms with Crippen LogP contribution in [-0.2, 0) is 6.54 Å². The Labute approximate surface area is 119 Å². The van der Waals surface area contributed by atoms with Crippen molar-refractivity contribution < 1.29 is 9.90 Å². The van der Waals surface area contributed by atoms with Crippen molar-refractivity contribution in [1.29, 1.82) is 0 Å². The molecule has 0 radical (unpaired) electrons. The van der Waals surface area contributed by atoms with Gasteiger partial charge >= 0.3 is 5.97 Å². The third kappa shape index (κ3) is 2.26. The summed E-state index contributed by atoms with van der Waals surface area (Å²) in [6.07, 6.45) is 8.01. The summed E-state index contributed by atoms with van der Waals surface area (Å²) in [4.78, 5) is 19.0. The molecule has 0 spiro atoms. The standard InChI is InChI=1S/C14H13N5O2/c20-14(21)13-15-8-19(17-13)7-11-6-18-5-10(9-1-2-9)3-4-12(18)16-11/h3-6,8-9H,1-2,7H2,(H,20,21). The van der Waals surface area contributed by atoms with Crippen LogP contribution < -0.4 is 0 Å². The molecular formula is C14H13N5O2. The molecule has 1 N–H and O–H groups in total. The van der Waals surface area contributed by atoms with Crippen LogP contribution >= 0.6 is 0 Å². The van der Waals surface area contributed by atoms with E-state index in [0.717, 1.165) is 11.3 Å². The second-order valence-corrected chi connectivity index (χ2v) is 5.31. The number of hydrogen-bond donors (Lipinski definition) is 1. The molecule has 0 atom stereocenters. The number of aromatic carboxylic acids is 1. The molecule has 3 heterocycles. The molecule has 21 heavy (non-hydrogen) atoms. The Balaban J connectivity index is 1.61. The monoisotopic (exact) mass is 283 g/mol. The van der Waals surface area contributed by atoms with E-state index in [1.54, 1.807) is 0 Å². The van der Waals surface area contributed by atoms with E-state index in [0.29, 0.717) is 12.5 Å². The molecule has 7 heteroatoms. The van der Waals surface area contributed by atoms with Gasteiger partial charge in [-0.2, -0.15) is 0 Å². The number of rotatable bonds is 4. The van der Waals surface area contributed by atoms with E-state index in [9.17, 15) is 4.79 Å². The molecule has 0 saturated heterocycles. The number of hydrogen-bond acceptors (Lipinski definition) is 4. The topological polar surface area (TPSA) is 85.3 Å². The summed E-state index contributed by atoms with van der Waals surface area (Å²) >= 11 is 0. The summed E-state index contributed by atoms with van der Waals surface area (Å²) in [6, 6.07) is 4.14. The van der Waals surface area contributed by atoms with Crippen LogP contribution in [-0.4, -0.2) is 35.2 Å². The van der Waals surface area contributed by atoms with Crippen LogP contribution in [0.3, 0.4) is 0 Å². The predicted molar refractivity (Wildman–Crippen MR) is 73.3 cm³/mol. The number of carboxylic acid groups (broad SMARTS) is 1. The first kappa shape index (κ1) is 12.1. The van der Waals surface area contributed by atoms with E-state index in [1.807, 2.05) is 16.7 Å². The molecule has 0 bridgehead atoms. The number of aromatic nitrogens is 5. The van der Waals surface area contributed by atoms with E-state index >= 15 is 0 Å². The molecule has 1 aliphatic rings. The molecule has 1 saturated carbocycles. The van der Waals surface area contributed by atoms with Gasteiger partial charge in [0.1, 0.15) is 12.0 Å². The molecule has 1 fully saturated rings. The fourth-order valence-corrected chi connectivity index (χ4v) is 2.43. The lowest BCUT2D eigenvalue weighted by Gasteiger charge is -1.98. The number of carboxylic acids is 1.